The van der Waals surface area contributed by atoms with Gasteiger partial charge in [0.15, 0.2) is 0 Å². The molecule has 0 unspecified atom stereocenters. The summed E-state index contributed by atoms with van der Waals surface area (Å²) in [5.74, 6) is -1.89. The zero-order valence-electron chi connectivity index (χ0n) is 13.3. The molecule has 0 heterocycles. The molecule has 0 atom stereocenters. The highest BCUT2D eigenvalue weighted by molar-refractivity contribution is 6.34. The fourth-order valence-corrected chi connectivity index (χ4v) is 2.13. The number of imide groups is 1. The summed E-state index contributed by atoms with van der Waals surface area (Å²) in [4.78, 5) is 55.4. The fraction of sp³-hybridized carbons (Fsp3) is 0. The van der Waals surface area contributed by atoms with Crippen LogP contribution in [0.4, 0.5) is 9.59 Å². The van der Waals surface area contributed by atoms with Crippen LogP contribution in [0.3, 0.4) is 0 Å². The van der Waals surface area contributed by atoms with Crippen LogP contribution in [-0.4, -0.2) is 24.0 Å². The highest BCUT2D eigenvalue weighted by Crippen LogP contribution is 2.16. The van der Waals surface area contributed by atoms with Gasteiger partial charge in [0.2, 0.25) is 0 Å². The molecule has 2 rings (SSSR count). The predicted molar refractivity (Wildman–Crippen MR) is 93.9 cm³/mol. The van der Waals surface area contributed by atoms with Crippen LogP contribution in [0.2, 0.25) is 10.0 Å². The summed E-state index contributed by atoms with van der Waals surface area (Å²) in [6.45, 7) is 0. The Kier molecular flexibility index (Phi) is 6.98. The fourth-order valence-electron chi connectivity index (χ4n) is 1.70. The minimum atomic E-state index is -1.19. The maximum atomic E-state index is 11.7. The van der Waals surface area contributed by atoms with Crippen LogP contribution >= 0.6 is 23.2 Å². The molecule has 0 aromatic heterocycles. The minimum absolute atomic E-state index is 0.0117. The molecule has 140 valence electrons. The summed E-state index contributed by atoms with van der Waals surface area (Å²) in [5.41, 5.74) is 3.40. The number of carbonyl (C=O) groups excluding carboxylic acids is 4. The van der Waals surface area contributed by atoms with E-state index in [-0.39, 0.29) is 21.2 Å². The Labute approximate surface area is 162 Å². The summed E-state index contributed by atoms with van der Waals surface area (Å²) in [6, 6.07) is 9.59. The zero-order chi connectivity index (χ0) is 19.8. The number of carbonyl (C=O) groups is 4. The Balaban J connectivity index is 1.76. The lowest BCUT2D eigenvalue weighted by molar-refractivity contribution is 0.0304. The monoisotopic (exact) mass is 411 g/mol. The number of hydroxylamine groups is 2. The quantitative estimate of drug-likeness (QED) is 0.652. The molecule has 0 spiro atoms. The molecule has 0 aliphatic carbocycles. The lowest BCUT2D eigenvalue weighted by atomic mass is 10.2. The number of amides is 4. The van der Waals surface area contributed by atoms with Crippen molar-refractivity contribution in [3.63, 3.8) is 0 Å². The van der Waals surface area contributed by atoms with Crippen LogP contribution < -0.4 is 16.3 Å². The van der Waals surface area contributed by atoms with E-state index in [2.05, 4.69) is 9.68 Å². The van der Waals surface area contributed by atoms with Gasteiger partial charge in [-0.3, -0.25) is 5.32 Å². The van der Waals surface area contributed by atoms with Crippen LogP contribution in [0, 0.1) is 0 Å². The molecule has 2 aromatic carbocycles. The van der Waals surface area contributed by atoms with Crippen molar-refractivity contribution >= 4 is 47.2 Å². The number of hydrogen-bond donors (Lipinski definition) is 3. The van der Waals surface area contributed by atoms with E-state index in [4.69, 9.17) is 23.2 Å². The van der Waals surface area contributed by atoms with Gasteiger partial charge in [-0.25, -0.2) is 19.2 Å². The van der Waals surface area contributed by atoms with Crippen molar-refractivity contribution in [2.75, 3.05) is 0 Å². The highest BCUT2D eigenvalue weighted by Gasteiger charge is 2.16. The SMILES string of the molecule is O=C(NOC(=O)c1ccccc1Cl)NC(=O)NOC(=O)c1ccccc1Cl. The predicted octanol–water partition coefficient (Wildman–Crippen LogP) is 2.85. The van der Waals surface area contributed by atoms with E-state index in [0.29, 0.717) is 0 Å². The van der Waals surface area contributed by atoms with Crippen molar-refractivity contribution in [1.29, 1.82) is 0 Å². The first kappa shape index (κ1) is 20.0. The molecule has 0 aliphatic heterocycles. The van der Waals surface area contributed by atoms with Crippen LogP contribution in [0.5, 0.6) is 0 Å². The molecule has 0 radical (unpaired) electrons. The Morgan fingerprint density at radius 1 is 0.667 bits per heavy atom. The molecular formula is C16H11Cl2N3O6. The molecule has 0 saturated carbocycles. The average Bonchev–Trinajstić information content (AvgIpc) is 2.65. The van der Waals surface area contributed by atoms with Crippen molar-refractivity contribution in [3.8, 4) is 0 Å². The van der Waals surface area contributed by atoms with Crippen molar-refractivity contribution in [3.05, 3.63) is 69.7 Å². The molecule has 4 amide bonds. The first-order valence-electron chi connectivity index (χ1n) is 7.17. The molecule has 0 fully saturated rings. The Morgan fingerprint density at radius 3 is 1.41 bits per heavy atom. The standard InChI is InChI=1S/C16H11Cl2N3O6/c17-11-7-3-1-5-9(11)13(22)26-20-15(24)19-16(25)21-27-14(23)10-6-2-4-8-12(10)18/h1-8H,(H3,19,20,21,24,25). The van der Waals surface area contributed by atoms with Crippen molar-refractivity contribution < 1.29 is 28.9 Å². The molecule has 11 heteroatoms. The van der Waals surface area contributed by atoms with E-state index >= 15 is 0 Å². The Bertz CT molecular complexity index is 818. The minimum Gasteiger partial charge on any atom is -0.334 e. The van der Waals surface area contributed by atoms with Gasteiger partial charge in [0.1, 0.15) is 0 Å². The molecule has 27 heavy (non-hydrogen) atoms. The van der Waals surface area contributed by atoms with E-state index in [1.165, 1.54) is 24.3 Å². The van der Waals surface area contributed by atoms with Gasteiger partial charge in [0, 0.05) is 0 Å². The van der Waals surface area contributed by atoms with Gasteiger partial charge in [-0.1, -0.05) is 47.5 Å². The number of urea groups is 2. The van der Waals surface area contributed by atoms with Gasteiger partial charge in [-0.15, -0.1) is 0 Å². The Hall–Kier alpha value is -3.30. The number of hydrogen-bond acceptors (Lipinski definition) is 6. The van der Waals surface area contributed by atoms with E-state index in [9.17, 15) is 19.2 Å². The summed E-state index contributed by atoms with van der Waals surface area (Å²) in [7, 11) is 0. The van der Waals surface area contributed by atoms with Gasteiger partial charge >= 0.3 is 24.0 Å². The maximum Gasteiger partial charge on any atom is 0.364 e. The molecule has 0 aliphatic rings. The molecule has 9 nitrogen and oxygen atoms in total. The number of benzene rings is 2. The van der Waals surface area contributed by atoms with E-state index in [1.54, 1.807) is 40.5 Å². The van der Waals surface area contributed by atoms with Gasteiger partial charge in [-0.2, -0.15) is 11.0 Å². The highest BCUT2D eigenvalue weighted by atomic mass is 35.5. The molecule has 0 bridgehead atoms. The maximum absolute atomic E-state index is 11.7. The van der Waals surface area contributed by atoms with Crippen molar-refractivity contribution in [1.82, 2.24) is 16.3 Å². The number of nitrogens with one attached hydrogen (secondary N) is 3. The van der Waals surface area contributed by atoms with Crippen LogP contribution in [-0.2, 0) is 9.68 Å². The van der Waals surface area contributed by atoms with Crippen LogP contribution in [0.15, 0.2) is 48.5 Å². The van der Waals surface area contributed by atoms with E-state index in [1.807, 2.05) is 0 Å². The van der Waals surface area contributed by atoms with Crippen LogP contribution in [0.1, 0.15) is 20.7 Å². The second kappa shape index (κ2) is 9.41. The summed E-state index contributed by atoms with van der Waals surface area (Å²) in [6.07, 6.45) is 0. The zero-order valence-corrected chi connectivity index (χ0v) is 14.8. The van der Waals surface area contributed by atoms with Crippen LogP contribution in [0.25, 0.3) is 0 Å². The van der Waals surface area contributed by atoms with Gasteiger partial charge < -0.3 is 9.68 Å². The summed E-state index contributed by atoms with van der Waals surface area (Å²) >= 11 is 11.6. The van der Waals surface area contributed by atoms with Crippen molar-refractivity contribution in [2.24, 2.45) is 0 Å². The Morgan fingerprint density at radius 2 is 1.04 bits per heavy atom. The number of rotatable bonds is 2. The third-order valence-electron chi connectivity index (χ3n) is 2.89. The smallest absolute Gasteiger partial charge is 0.334 e. The van der Waals surface area contributed by atoms with E-state index < -0.39 is 24.0 Å². The summed E-state index contributed by atoms with van der Waals surface area (Å²) in [5, 5.41) is 1.94. The third-order valence-corrected chi connectivity index (χ3v) is 3.55. The van der Waals surface area contributed by atoms with Crippen molar-refractivity contribution in [2.45, 2.75) is 0 Å². The molecule has 0 saturated heterocycles. The lowest BCUT2D eigenvalue weighted by Crippen LogP contribution is -2.45. The van der Waals surface area contributed by atoms with Gasteiger partial charge in [0.05, 0.1) is 21.2 Å². The lowest BCUT2D eigenvalue weighted by Gasteiger charge is -2.09. The second-order valence-corrected chi connectivity index (χ2v) is 5.54. The topological polar surface area (TPSA) is 123 Å². The third kappa shape index (κ3) is 5.87. The second-order valence-electron chi connectivity index (χ2n) is 4.73. The first-order valence-corrected chi connectivity index (χ1v) is 7.92. The first-order chi connectivity index (χ1) is 12.9. The molecule has 2 aromatic rings. The van der Waals surface area contributed by atoms with E-state index in [0.717, 1.165) is 0 Å². The van der Waals surface area contributed by atoms with Gasteiger partial charge in [-0.05, 0) is 24.3 Å². The van der Waals surface area contributed by atoms with Gasteiger partial charge in [0.25, 0.3) is 0 Å². The number of halogens is 2. The molecular weight excluding hydrogens is 401 g/mol. The average molecular weight is 412 g/mol. The molecule has 3 N–H and O–H groups in total. The largest absolute Gasteiger partial charge is 0.364 e. The summed E-state index contributed by atoms with van der Waals surface area (Å²) < 4.78 is 0. The normalized spacial score (nSPS) is 9.70.